The van der Waals surface area contributed by atoms with Crippen molar-refractivity contribution in [3.63, 3.8) is 0 Å². The molecular formula is C13H18FNO3. The third-order valence-electron chi connectivity index (χ3n) is 2.75. The zero-order chi connectivity index (χ0) is 13.7. The number of halogens is 1. The Morgan fingerprint density at radius 1 is 1.39 bits per heavy atom. The number of likely N-dealkylation sites (N-methyl/N-ethyl adjacent to an activating group) is 1. The first-order valence-corrected chi connectivity index (χ1v) is 5.75. The van der Waals surface area contributed by atoms with Gasteiger partial charge in [-0.1, -0.05) is 0 Å². The number of benzene rings is 1. The molecule has 0 aromatic heterocycles. The number of hydrogen-bond acceptors (Lipinski definition) is 3. The summed E-state index contributed by atoms with van der Waals surface area (Å²) in [6.45, 7) is 3.25. The van der Waals surface area contributed by atoms with E-state index in [-0.39, 0.29) is 24.4 Å². The molecule has 0 fully saturated rings. The summed E-state index contributed by atoms with van der Waals surface area (Å²) in [6, 6.07) is 5.21. The number of aliphatic hydroxyl groups excluding tert-OH is 1. The van der Waals surface area contributed by atoms with E-state index in [1.165, 1.54) is 29.2 Å². The summed E-state index contributed by atoms with van der Waals surface area (Å²) in [5.41, 5.74) is 0. The molecule has 2 atom stereocenters. The van der Waals surface area contributed by atoms with Crippen LogP contribution in [0.25, 0.3) is 0 Å². The molecule has 0 saturated carbocycles. The van der Waals surface area contributed by atoms with E-state index in [2.05, 4.69) is 0 Å². The number of hydrogen-bond donors (Lipinski definition) is 1. The van der Waals surface area contributed by atoms with Crippen LogP contribution in [-0.4, -0.2) is 41.7 Å². The average Bonchev–Trinajstić information content (AvgIpc) is 2.38. The maximum atomic E-state index is 12.7. The van der Waals surface area contributed by atoms with Crippen LogP contribution >= 0.6 is 0 Å². The number of ether oxygens (including phenoxy) is 1. The maximum Gasteiger partial charge on any atom is 0.263 e. The van der Waals surface area contributed by atoms with Gasteiger partial charge < -0.3 is 14.7 Å². The van der Waals surface area contributed by atoms with Gasteiger partial charge in [-0.2, -0.15) is 0 Å². The van der Waals surface area contributed by atoms with E-state index in [1.54, 1.807) is 20.9 Å². The molecule has 5 heteroatoms. The largest absolute Gasteiger partial charge is 0.481 e. The molecule has 0 aliphatic rings. The van der Waals surface area contributed by atoms with Crippen molar-refractivity contribution in [2.24, 2.45) is 0 Å². The second kappa shape index (κ2) is 6.35. The van der Waals surface area contributed by atoms with Gasteiger partial charge in [-0.3, -0.25) is 4.79 Å². The number of carbonyl (C=O) groups excluding carboxylic acids is 1. The predicted molar refractivity (Wildman–Crippen MR) is 65.8 cm³/mol. The van der Waals surface area contributed by atoms with E-state index in [0.29, 0.717) is 5.75 Å². The molecule has 0 heterocycles. The highest BCUT2D eigenvalue weighted by molar-refractivity contribution is 5.80. The van der Waals surface area contributed by atoms with Gasteiger partial charge in [0.1, 0.15) is 11.6 Å². The van der Waals surface area contributed by atoms with Crippen LogP contribution in [0.1, 0.15) is 13.8 Å². The average molecular weight is 255 g/mol. The minimum absolute atomic E-state index is 0.106. The van der Waals surface area contributed by atoms with Crippen LogP contribution in [0.2, 0.25) is 0 Å². The molecule has 1 rings (SSSR count). The Balaban J connectivity index is 2.62. The number of nitrogens with zero attached hydrogens (tertiary/aromatic N) is 1. The first kappa shape index (κ1) is 14.4. The SMILES string of the molecule is CC(Oc1ccc(F)cc1)C(=O)N(C)C(C)CO. The zero-order valence-corrected chi connectivity index (χ0v) is 10.8. The Morgan fingerprint density at radius 3 is 2.44 bits per heavy atom. The normalized spacial score (nSPS) is 13.8. The van der Waals surface area contributed by atoms with Crippen LogP contribution in [0.15, 0.2) is 24.3 Å². The molecule has 1 amide bonds. The van der Waals surface area contributed by atoms with Crippen LogP contribution in [0.4, 0.5) is 4.39 Å². The Hall–Kier alpha value is -1.62. The van der Waals surface area contributed by atoms with Crippen molar-refractivity contribution >= 4 is 5.91 Å². The van der Waals surface area contributed by atoms with Crippen molar-refractivity contribution in [1.29, 1.82) is 0 Å². The molecule has 0 saturated heterocycles. The maximum absolute atomic E-state index is 12.7. The van der Waals surface area contributed by atoms with Gasteiger partial charge in [-0.05, 0) is 38.1 Å². The van der Waals surface area contributed by atoms with Crippen LogP contribution in [0, 0.1) is 5.82 Å². The van der Waals surface area contributed by atoms with Crippen LogP contribution in [0.3, 0.4) is 0 Å². The van der Waals surface area contributed by atoms with E-state index < -0.39 is 6.10 Å². The third kappa shape index (κ3) is 3.70. The lowest BCUT2D eigenvalue weighted by molar-refractivity contribution is -0.139. The Morgan fingerprint density at radius 2 is 1.94 bits per heavy atom. The zero-order valence-electron chi connectivity index (χ0n) is 10.8. The topological polar surface area (TPSA) is 49.8 Å². The lowest BCUT2D eigenvalue weighted by atomic mass is 10.2. The molecule has 0 aliphatic heterocycles. The minimum Gasteiger partial charge on any atom is -0.481 e. The van der Waals surface area contributed by atoms with Crippen LogP contribution < -0.4 is 4.74 Å². The Labute approximate surface area is 106 Å². The highest BCUT2D eigenvalue weighted by Crippen LogP contribution is 2.14. The molecule has 1 N–H and O–H groups in total. The minimum atomic E-state index is -0.686. The van der Waals surface area contributed by atoms with Crippen molar-refractivity contribution < 1.29 is 19.0 Å². The Bertz CT molecular complexity index is 394. The molecule has 2 unspecified atom stereocenters. The molecule has 1 aromatic carbocycles. The number of aliphatic hydroxyl groups is 1. The smallest absolute Gasteiger partial charge is 0.263 e. The first-order valence-electron chi connectivity index (χ1n) is 5.75. The van der Waals surface area contributed by atoms with E-state index in [9.17, 15) is 9.18 Å². The number of rotatable bonds is 5. The summed E-state index contributed by atoms with van der Waals surface area (Å²) in [7, 11) is 1.60. The third-order valence-corrected chi connectivity index (χ3v) is 2.75. The summed E-state index contributed by atoms with van der Waals surface area (Å²) in [5, 5.41) is 8.98. The lowest BCUT2D eigenvalue weighted by Crippen LogP contribution is -2.44. The summed E-state index contributed by atoms with van der Waals surface area (Å²) in [5.74, 6) is -0.157. The highest BCUT2D eigenvalue weighted by atomic mass is 19.1. The molecule has 0 spiro atoms. The molecule has 4 nitrogen and oxygen atoms in total. The number of carbonyl (C=O) groups is 1. The van der Waals surface area contributed by atoms with Crippen molar-refractivity contribution in [3.8, 4) is 5.75 Å². The van der Waals surface area contributed by atoms with Crippen molar-refractivity contribution in [2.75, 3.05) is 13.7 Å². The first-order chi connectivity index (χ1) is 8.45. The molecular weight excluding hydrogens is 237 g/mol. The number of amides is 1. The van der Waals surface area contributed by atoms with Crippen LogP contribution in [0.5, 0.6) is 5.75 Å². The fourth-order valence-corrected chi connectivity index (χ4v) is 1.39. The van der Waals surface area contributed by atoms with Gasteiger partial charge in [0.25, 0.3) is 5.91 Å². The summed E-state index contributed by atoms with van der Waals surface area (Å²) in [6.07, 6.45) is -0.686. The van der Waals surface area contributed by atoms with E-state index in [1.807, 2.05) is 0 Å². The molecule has 18 heavy (non-hydrogen) atoms. The fourth-order valence-electron chi connectivity index (χ4n) is 1.39. The summed E-state index contributed by atoms with van der Waals surface area (Å²) >= 11 is 0. The van der Waals surface area contributed by atoms with Crippen molar-refractivity contribution in [2.45, 2.75) is 26.0 Å². The molecule has 0 radical (unpaired) electrons. The molecule has 0 aliphatic carbocycles. The Kier molecular flexibility index (Phi) is 5.09. The highest BCUT2D eigenvalue weighted by Gasteiger charge is 2.22. The van der Waals surface area contributed by atoms with Gasteiger partial charge >= 0.3 is 0 Å². The second-order valence-electron chi connectivity index (χ2n) is 4.19. The van der Waals surface area contributed by atoms with Gasteiger partial charge in [0.05, 0.1) is 12.6 Å². The second-order valence-corrected chi connectivity index (χ2v) is 4.19. The lowest BCUT2D eigenvalue weighted by Gasteiger charge is -2.26. The van der Waals surface area contributed by atoms with E-state index in [4.69, 9.17) is 9.84 Å². The van der Waals surface area contributed by atoms with Gasteiger partial charge in [0.2, 0.25) is 0 Å². The van der Waals surface area contributed by atoms with Crippen LogP contribution in [-0.2, 0) is 4.79 Å². The van der Waals surface area contributed by atoms with Crippen molar-refractivity contribution in [3.05, 3.63) is 30.1 Å². The molecule has 100 valence electrons. The van der Waals surface area contributed by atoms with Gasteiger partial charge in [0.15, 0.2) is 6.10 Å². The van der Waals surface area contributed by atoms with E-state index >= 15 is 0 Å². The fraction of sp³-hybridized carbons (Fsp3) is 0.462. The molecule has 1 aromatic rings. The predicted octanol–water partition coefficient (Wildman–Crippen LogP) is 1.43. The van der Waals surface area contributed by atoms with Gasteiger partial charge in [-0.15, -0.1) is 0 Å². The van der Waals surface area contributed by atoms with Crippen molar-refractivity contribution in [1.82, 2.24) is 4.90 Å². The monoisotopic (exact) mass is 255 g/mol. The molecule has 0 bridgehead atoms. The standard InChI is InChI=1S/C13H18FNO3/c1-9(8-16)15(3)13(17)10(2)18-12-6-4-11(14)5-7-12/h4-7,9-10,16H,8H2,1-3H3. The quantitative estimate of drug-likeness (QED) is 0.866. The van der Waals surface area contributed by atoms with Gasteiger partial charge in [0, 0.05) is 7.05 Å². The van der Waals surface area contributed by atoms with E-state index in [0.717, 1.165) is 0 Å². The summed E-state index contributed by atoms with van der Waals surface area (Å²) in [4.78, 5) is 13.4. The summed E-state index contributed by atoms with van der Waals surface area (Å²) < 4.78 is 18.1. The van der Waals surface area contributed by atoms with Gasteiger partial charge in [-0.25, -0.2) is 4.39 Å².